The van der Waals surface area contributed by atoms with E-state index in [-0.39, 0.29) is 5.91 Å². The predicted molar refractivity (Wildman–Crippen MR) is 113 cm³/mol. The second-order valence-electron chi connectivity index (χ2n) is 6.73. The summed E-state index contributed by atoms with van der Waals surface area (Å²) in [4.78, 5) is 19.2. The molecule has 29 heavy (non-hydrogen) atoms. The number of ether oxygens (including phenoxy) is 2. The fourth-order valence-electron chi connectivity index (χ4n) is 3.44. The first-order valence-electron chi connectivity index (χ1n) is 9.62. The molecule has 4 rings (SSSR count). The minimum absolute atomic E-state index is 0.0687. The van der Waals surface area contributed by atoms with Crippen LogP contribution in [0.2, 0.25) is 0 Å². The van der Waals surface area contributed by atoms with Crippen molar-refractivity contribution in [2.45, 2.75) is 19.5 Å². The molecule has 148 valence electrons. The van der Waals surface area contributed by atoms with Gasteiger partial charge in [0.2, 0.25) is 0 Å². The molecular formula is C23H23N3O3. The number of hydrogen-bond acceptors (Lipinski definition) is 5. The standard InChI is InChI=1S/C23H23N3O3/c1-3-14-29-20-9-8-16(15-21(20)28-2)22-25-19-7-5-4-6-18(19)23(27)26(22)17-10-12-24-13-11-17/h4-13,15,22,25H,3,14H2,1-2H3/t22-/m0/s1. The zero-order valence-electron chi connectivity index (χ0n) is 16.5. The topological polar surface area (TPSA) is 63.7 Å². The highest BCUT2D eigenvalue weighted by Gasteiger charge is 2.34. The van der Waals surface area contributed by atoms with Crippen molar-refractivity contribution in [3.63, 3.8) is 0 Å². The lowest BCUT2D eigenvalue weighted by atomic mass is 10.0. The maximum absolute atomic E-state index is 13.4. The summed E-state index contributed by atoms with van der Waals surface area (Å²) in [5.41, 5.74) is 3.10. The first kappa shape index (κ1) is 18.8. The highest BCUT2D eigenvalue weighted by molar-refractivity contribution is 6.12. The number of rotatable bonds is 6. The fourth-order valence-corrected chi connectivity index (χ4v) is 3.44. The molecule has 0 saturated heterocycles. The molecule has 1 atom stereocenters. The van der Waals surface area contributed by atoms with Gasteiger partial charge in [0.1, 0.15) is 6.17 Å². The summed E-state index contributed by atoms with van der Waals surface area (Å²) in [5, 5.41) is 3.49. The molecule has 0 spiro atoms. The van der Waals surface area contributed by atoms with Crippen molar-refractivity contribution in [3.8, 4) is 11.5 Å². The minimum Gasteiger partial charge on any atom is -0.493 e. The van der Waals surface area contributed by atoms with Crippen molar-refractivity contribution in [2.75, 3.05) is 23.9 Å². The summed E-state index contributed by atoms with van der Waals surface area (Å²) in [6, 6.07) is 17.0. The van der Waals surface area contributed by atoms with E-state index in [0.717, 1.165) is 23.4 Å². The Morgan fingerprint density at radius 1 is 1.07 bits per heavy atom. The first-order chi connectivity index (χ1) is 14.2. The molecule has 1 N–H and O–H groups in total. The summed E-state index contributed by atoms with van der Waals surface area (Å²) in [6.07, 6.45) is 3.88. The van der Waals surface area contributed by atoms with Crippen LogP contribution >= 0.6 is 0 Å². The van der Waals surface area contributed by atoms with Crippen LogP contribution in [0.5, 0.6) is 11.5 Å². The fraction of sp³-hybridized carbons (Fsp3) is 0.217. The van der Waals surface area contributed by atoms with Crippen LogP contribution in [0.4, 0.5) is 11.4 Å². The number of fused-ring (bicyclic) bond motifs is 1. The summed E-state index contributed by atoms with van der Waals surface area (Å²) >= 11 is 0. The number of carbonyl (C=O) groups excluding carboxylic acids is 1. The zero-order chi connectivity index (χ0) is 20.2. The van der Waals surface area contributed by atoms with Gasteiger partial charge in [-0.2, -0.15) is 0 Å². The molecule has 0 unspecified atom stereocenters. The maximum atomic E-state index is 13.4. The Morgan fingerprint density at radius 2 is 1.86 bits per heavy atom. The third-order valence-corrected chi connectivity index (χ3v) is 4.83. The van der Waals surface area contributed by atoms with Gasteiger partial charge in [0.25, 0.3) is 5.91 Å². The molecule has 0 saturated carbocycles. The number of amides is 1. The van der Waals surface area contributed by atoms with Gasteiger partial charge in [0.05, 0.1) is 19.3 Å². The van der Waals surface area contributed by atoms with Gasteiger partial charge in [-0.25, -0.2) is 0 Å². The Balaban J connectivity index is 1.79. The van der Waals surface area contributed by atoms with E-state index >= 15 is 0 Å². The van der Waals surface area contributed by atoms with Crippen LogP contribution in [0.15, 0.2) is 67.0 Å². The van der Waals surface area contributed by atoms with Crippen molar-refractivity contribution < 1.29 is 14.3 Å². The molecule has 2 heterocycles. The van der Waals surface area contributed by atoms with Gasteiger partial charge in [-0.15, -0.1) is 0 Å². The van der Waals surface area contributed by atoms with E-state index in [2.05, 4.69) is 17.2 Å². The smallest absolute Gasteiger partial charge is 0.262 e. The SMILES string of the molecule is CCCOc1ccc([C@H]2Nc3ccccc3C(=O)N2c2ccncc2)cc1OC. The van der Waals surface area contributed by atoms with Gasteiger partial charge in [-0.05, 0) is 48.4 Å². The quantitative estimate of drug-likeness (QED) is 0.665. The van der Waals surface area contributed by atoms with E-state index in [9.17, 15) is 4.79 Å². The summed E-state index contributed by atoms with van der Waals surface area (Å²) in [6.45, 7) is 2.68. The Hall–Kier alpha value is -3.54. The lowest BCUT2D eigenvalue weighted by molar-refractivity contribution is 0.0975. The minimum atomic E-state index is -0.395. The van der Waals surface area contributed by atoms with E-state index in [1.807, 2.05) is 54.6 Å². The number of aromatic nitrogens is 1. The van der Waals surface area contributed by atoms with Crippen molar-refractivity contribution >= 4 is 17.3 Å². The van der Waals surface area contributed by atoms with Crippen LogP contribution in [-0.2, 0) is 0 Å². The third-order valence-electron chi connectivity index (χ3n) is 4.83. The van der Waals surface area contributed by atoms with E-state index in [4.69, 9.17) is 9.47 Å². The Bertz CT molecular complexity index is 1010. The number of pyridine rings is 1. The molecule has 0 aliphatic carbocycles. The van der Waals surface area contributed by atoms with Crippen LogP contribution in [0, 0.1) is 0 Å². The number of anilines is 2. The van der Waals surface area contributed by atoms with Crippen LogP contribution in [0.1, 0.15) is 35.4 Å². The van der Waals surface area contributed by atoms with Crippen molar-refractivity contribution in [2.24, 2.45) is 0 Å². The molecule has 3 aromatic rings. The highest BCUT2D eigenvalue weighted by Crippen LogP contribution is 2.39. The van der Waals surface area contributed by atoms with Crippen LogP contribution in [0.25, 0.3) is 0 Å². The van der Waals surface area contributed by atoms with Crippen molar-refractivity contribution in [1.29, 1.82) is 0 Å². The number of methoxy groups -OCH3 is 1. The molecule has 6 nitrogen and oxygen atoms in total. The second-order valence-corrected chi connectivity index (χ2v) is 6.73. The molecule has 6 heteroatoms. The third kappa shape index (κ3) is 3.61. The average molecular weight is 389 g/mol. The average Bonchev–Trinajstić information content (AvgIpc) is 2.78. The van der Waals surface area contributed by atoms with Crippen LogP contribution < -0.4 is 19.7 Å². The number of nitrogens with zero attached hydrogens (tertiary/aromatic N) is 2. The van der Waals surface area contributed by atoms with Gasteiger partial charge in [0, 0.05) is 23.8 Å². The van der Waals surface area contributed by atoms with E-state index in [1.165, 1.54) is 0 Å². The molecule has 1 aliphatic heterocycles. The monoisotopic (exact) mass is 389 g/mol. The Morgan fingerprint density at radius 3 is 2.62 bits per heavy atom. The summed E-state index contributed by atoms with van der Waals surface area (Å²) in [7, 11) is 1.62. The molecule has 0 radical (unpaired) electrons. The molecule has 1 aromatic heterocycles. The van der Waals surface area contributed by atoms with Crippen molar-refractivity contribution in [3.05, 3.63) is 78.1 Å². The first-order valence-corrected chi connectivity index (χ1v) is 9.62. The lowest BCUT2D eigenvalue weighted by Crippen LogP contribution is -2.43. The number of para-hydroxylation sites is 1. The van der Waals surface area contributed by atoms with Gasteiger partial charge in [-0.3, -0.25) is 14.7 Å². The normalized spacial score (nSPS) is 15.4. The number of carbonyl (C=O) groups is 1. The number of nitrogens with one attached hydrogen (secondary N) is 1. The van der Waals surface area contributed by atoms with Gasteiger partial charge in [0.15, 0.2) is 11.5 Å². The summed E-state index contributed by atoms with van der Waals surface area (Å²) in [5.74, 6) is 1.26. The van der Waals surface area contributed by atoms with E-state index < -0.39 is 6.17 Å². The zero-order valence-corrected chi connectivity index (χ0v) is 16.5. The maximum Gasteiger partial charge on any atom is 0.262 e. The molecule has 1 amide bonds. The molecular weight excluding hydrogens is 366 g/mol. The van der Waals surface area contributed by atoms with Gasteiger partial charge < -0.3 is 14.8 Å². The lowest BCUT2D eigenvalue weighted by Gasteiger charge is -2.38. The molecule has 0 bridgehead atoms. The van der Waals surface area contributed by atoms with Gasteiger partial charge in [-0.1, -0.05) is 25.1 Å². The second kappa shape index (κ2) is 8.22. The van der Waals surface area contributed by atoms with Gasteiger partial charge >= 0.3 is 0 Å². The van der Waals surface area contributed by atoms with Crippen LogP contribution in [-0.4, -0.2) is 24.6 Å². The largest absolute Gasteiger partial charge is 0.493 e. The molecule has 0 fully saturated rings. The Kier molecular flexibility index (Phi) is 5.33. The van der Waals surface area contributed by atoms with E-state index in [0.29, 0.717) is 23.7 Å². The number of benzene rings is 2. The van der Waals surface area contributed by atoms with Crippen LogP contribution in [0.3, 0.4) is 0 Å². The Labute approximate surface area is 170 Å². The summed E-state index contributed by atoms with van der Waals surface area (Å²) < 4.78 is 11.3. The highest BCUT2D eigenvalue weighted by atomic mass is 16.5. The molecule has 1 aliphatic rings. The predicted octanol–water partition coefficient (Wildman–Crippen LogP) is 4.65. The van der Waals surface area contributed by atoms with E-state index in [1.54, 1.807) is 24.4 Å². The number of hydrogen-bond donors (Lipinski definition) is 1. The van der Waals surface area contributed by atoms with Crippen molar-refractivity contribution in [1.82, 2.24) is 4.98 Å². The molecule has 2 aromatic carbocycles.